The molecular formula is C26H32GeO3. The first-order valence-electron chi connectivity index (χ1n) is 10.4. The fraction of sp³-hybridized carbons (Fsp3) is 0.308. The van der Waals surface area contributed by atoms with Gasteiger partial charge in [-0.1, -0.05) is 6.07 Å². The molecule has 158 valence electrons. The summed E-state index contributed by atoms with van der Waals surface area (Å²) in [7, 11) is 0. The normalized spacial score (nSPS) is 11.7. The predicted molar refractivity (Wildman–Crippen MR) is 127 cm³/mol. The molecule has 0 amide bonds. The monoisotopic (exact) mass is 466 g/mol. The molecule has 3 aromatic carbocycles. The Labute approximate surface area is 187 Å². The number of rotatable bonds is 6. The van der Waals surface area contributed by atoms with E-state index in [9.17, 15) is 0 Å². The molecule has 3 rings (SSSR count). The summed E-state index contributed by atoms with van der Waals surface area (Å²) in [6.07, 6.45) is 0. The molecule has 0 aromatic heterocycles. The van der Waals surface area contributed by atoms with E-state index in [1.807, 2.05) is 49.4 Å². The van der Waals surface area contributed by atoms with Gasteiger partial charge >= 0.3 is 167 Å². The van der Waals surface area contributed by atoms with Gasteiger partial charge in [0.15, 0.2) is 0 Å². The van der Waals surface area contributed by atoms with Gasteiger partial charge in [0.1, 0.15) is 0 Å². The molecule has 30 heavy (non-hydrogen) atoms. The van der Waals surface area contributed by atoms with Crippen molar-refractivity contribution in [2.45, 2.75) is 52.7 Å². The average Bonchev–Trinajstić information content (AvgIpc) is 2.57. The standard InChI is InChI=1S/C26H32GeO3/c1-17-8-18(2)10-21(9-17)28-22-11-19(3)12-23(15-22)29-24-13-20(4)14-25(16-24)30-27-26(5,6)7/h8-16H,27H2,1-7H3. The Morgan fingerprint density at radius 2 is 0.833 bits per heavy atom. The molecule has 0 fully saturated rings. The van der Waals surface area contributed by atoms with Crippen molar-refractivity contribution in [3.63, 3.8) is 0 Å². The molecule has 0 spiro atoms. The van der Waals surface area contributed by atoms with Gasteiger partial charge in [-0.3, -0.25) is 0 Å². The van der Waals surface area contributed by atoms with E-state index < -0.39 is 15.8 Å². The van der Waals surface area contributed by atoms with Crippen molar-refractivity contribution in [1.82, 2.24) is 0 Å². The van der Waals surface area contributed by atoms with E-state index in [1.54, 1.807) is 0 Å². The van der Waals surface area contributed by atoms with Crippen LogP contribution in [0.25, 0.3) is 0 Å². The van der Waals surface area contributed by atoms with E-state index in [0.29, 0.717) is 0 Å². The number of hydrogen-bond acceptors (Lipinski definition) is 3. The first-order valence-corrected chi connectivity index (χ1v) is 13.1. The minimum absolute atomic E-state index is 0.286. The summed E-state index contributed by atoms with van der Waals surface area (Å²) in [6, 6.07) is 18.3. The van der Waals surface area contributed by atoms with E-state index in [1.165, 1.54) is 11.1 Å². The first-order chi connectivity index (χ1) is 14.1. The van der Waals surface area contributed by atoms with Crippen molar-refractivity contribution < 1.29 is 13.2 Å². The fourth-order valence-electron chi connectivity index (χ4n) is 3.25. The van der Waals surface area contributed by atoms with Gasteiger partial charge in [0, 0.05) is 0 Å². The second-order valence-corrected chi connectivity index (χ2v) is 15.0. The summed E-state index contributed by atoms with van der Waals surface area (Å²) < 4.78 is 18.8. The summed E-state index contributed by atoms with van der Waals surface area (Å²) in [5.74, 6) is 4.04. The number of benzene rings is 3. The summed E-state index contributed by atoms with van der Waals surface area (Å²) in [4.78, 5) is 0. The summed E-state index contributed by atoms with van der Waals surface area (Å²) in [5, 5.41) is 0. The number of ether oxygens (including phenoxy) is 2. The molecule has 0 saturated heterocycles. The molecule has 0 radical (unpaired) electrons. The fourth-order valence-corrected chi connectivity index (χ4v) is 4.86. The van der Waals surface area contributed by atoms with Crippen LogP contribution in [0.2, 0.25) is 4.25 Å². The van der Waals surface area contributed by atoms with Gasteiger partial charge in [0.25, 0.3) is 0 Å². The second kappa shape index (κ2) is 9.17. The summed E-state index contributed by atoms with van der Waals surface area (Å²) in [6.45, 7) is 15.0. The van der Waals surface area contributed by atoms with Crippen LogP contribution in [0.4, 0.5) is 0 Å². The molecule has 0 unspecified atom stereocenters. The summed E-state index contributed by atoms with van der Waals surface area (Å²) in [5.41, 5.74) is 4.57. The van der Waals surface area contributed by atoms with Gasteiger partial charge in [0.05, 0.1) is 0 Å². The Kier molecular flexibility index (Phi) is 6.82. The molecule has 0 aliphatic heterocycles. The van der Waals surface area contributed by atoms with E-state index in [0.717, 1.165) is 39.9 Å². The van der Waals surface area contributed by atoms with Crippen LogP contribution in [0.15, 0.2) is 54.6 Å². The van der Waals surface area contributed by atoms with Crippen molar-refractivity contribution in [2.24, 2.45) is 0 Å². The van der Waals surface area contributed by atoms with Crippen LogP contribution in [0.3, 0.4) is 0 Å². The van der Waals surface area contributed by atoms with Gasteiger partial charge in [0.2, 0.25) is 0 Å². The third-order valence-electron chi connectivity index (χ3n) is 4.39. The molecule has 0 aliphatic rings. The van der Waals surface area contributed by atoms with Crippen molar-refractivity contribution in [3.05, 3.63) is 76.9 Å². The maximum atomic E-state index is 6.20. The Hall–Kier alpha value is -2.40. The second-order valence-electron chi connectivity index (χ2n) is 9.34. The van der Waals surface area contributed by atoms with Crippen molar-refractivity contribution in [3.8, 4) is 28.7 Å². The van der Waals surface area contributed by atoms with Crippen LogP contribution in [0, 0.1) is 27.7 Å². The molecule has 0 heterocycles. The Balaban J connectivity index is 1.80. The van der Waals surface area contributed by atoms with Gasteiger partial charge < -0.3 is 0 Å². The molecule has 0 saturated carbocycles. The zero-order valence-electron chi connectivity index (χ0n) is 19.1. The van der Waals surface area contributed by atoms with Gasteiger partial charge in [-0.05, 0) is 13.8 Å². The van der Waals surface area contributed by atoms with Crippen LogP contribution in [0.1, 0.15) is 43.0 Å². The number of hydrogen-bond donors (Lipinski definition) is 0. The Morgan fingerprint density at radius 3 is 1.27 bits per heavy atom. The topological polar surface area (TPSA) is 27.7 Å². The quantitative estimate of drug-likeness (QED) is 0.361. The van der Waals surface area contributed by atoms with Crippen molar-refractivity contribution >= 4 is 15.8 Å². The molecule has 3 nitrogen and oxygen atoms in total. The van der Waals surface area contributed by atoms with Crippen LogP contribution < -0.4 is 13.2 Å². The van der Waals surface area contributed by atoms with Gasteiger partial charge in [-0.2, -0.15) is 0 Å². The zero-order chi connectivity index (χ0) is 21.9. The van der Waals surface area contributed by atoms with E-state index in [-0.39, 0.29) is 4.25 Å². The third-order valence-corrected chi connectivity index (χ3v) is 7.21. The SMILES string of the molecule is Cc1cc(C)cc(Oc2cc(C)cc(Oc3cc(C)cc([O][GeH2][C](C)(C)C)c3)c2)c1. The average molecular weight is 465 g/mol. The van der Waals surface area contributed by atoms with Crippen LogP contribution >= 0.6 is 0 Å². The predicted octanol–water partition coefficient (Wildman–Crippen LogP) is 7.19. The van der Waals surface area contributed by atoms with E-state index in [4.69, 9.17) is 13.2 Å². The van der Waals surface area contributed by atoms with E-state index >= 15 is 0 Å². The van der Waals surface area contributed by atoms with Crippen molar-refractivity contribution in [1.29, 1.82) is 0 Å². The van der Waals surface area contributed by atoms with Crippen LogP contribution in [-0.4, -0.2) is 15.8 Å². The Bertz CT molecular complexity index is 1010. The summed E-state index contributed by atoms with van der Waals surface area (Å²) >= 11 is -1.14. The van der Waals surface area contributed by atoms with Crippen LogP contribution in [0.5, 0.6) is 28.7 Å². The molecule has 0 bridgehead atoms. The maximum absolute atomic E-state index is 6.20. The molecule has 0 atom stereocenters. The number of aryl methyl sites for hydroxylation is 4. The minimum atomic E-state index is -1.14. The van der Waals surface area contributed by atoms with Gasteiger partial charge in [-0.25, -0.2) is 0 Å². The van der Waals surface area contributed by atoms with Crippen LogP contribution in [-0.2, 0) is 0 Å². The van der Waals surface area contributed by atoms with E-state index in [2.05, 4.69) is 53.7 Å². The third kappa shape index (κ3) is 6.84. The molecule has 4 heteroatoms. The molecular weight excluding hydrogens is 433 g/mol. The molecule has 0 aliphatic carbocycles. The Morgan fingerprint density at radius 1 is 0.500 bits per heavy atom. The van der Waals surface area contributed by atoms with Gasteiger partial charge in [-0.15, -0.1) is 0 Å². The first kappa shape index (κ1) is 22.3. The van der Waals surface area contributed by atoms with Crippen molar-refractivity contribution in [2.75, 3.05) is 0 Å². The molecule has 3 aromatic rings. The zero-order valence-corrected chi connectivity index (χ0v) is 22.1. The molecule has 0 N–H and O–H groups in total.